The molecule has 7 heteroatoms. The third-order valence-corrected chi connectivity index (χ3v) is 5.51. The lowest BCUT2D eigenvalue weighted by Crippen LogP contribution is -2.25. The van der Waals surface area contributed by atoms with Gasteiger partial charge in [-0.2, -0.15) is 0 Å². The number of aliphatic imine (C=N–C) groups is 1. The van der Waals surface area contributed by atoms with E-state index in [1.165, 1.54) is 23.5 Å². The number of pyridine rings is 1. The van der Waals surface area contributed by atoms with Crippen molar-refractivity contribution in [1.29, 1.82) is 0 Å². The summed E-state index contributed by atoms with van der Waals surface area (Å²) in [5, 5.41) is 11.0. The van der Waals surface area contributed by atoms with Crippen LogP contribution < -0.4 is 0 Å². The minimum atomic E-state index is -0.613. The fraction of sp³-hybridized carbons (Fsp3) is 0.286. The van der Waals surface area contributed by atoms with Gasteiger partial charge in [-0.15, -0.1) is 0 Å². The van der Waals surface area contributed by atoms with Gasteiger partial charge in [-0.25, -0.2) is 9.78 Å². The molecule has 28 heavy (non-hydrogen) atoms. The van der Waals surface area contributed by atoms with Crippen molar-refractivity contribution in [1.82, 2.24) is 4.98 Å². The molecule has 1 aromatic heterocycles. The summed E-state index contributed by atoms with van der Waals surface area (Å²) < 4.78 is 5.56. The average molecular weight is 415 g/mol. The summed E-state index contributed by atoms with van der Waals surface area (Å²) >= 11 is 2.84. The average Bonchev–Trinajstić information content (AvgIpc) is 2.64. The van der Waals surface area contributed by atoms with E-state index in [0.29, 0.717) is 9.92 Å². The molecule has 1 aliphatic rings. The number of rotatable bonds is 5. The van der Waals surface area contributed by atoms with E-state index in [1.54, 1.807) is 24.3 Å². The number of hydrogen-bond donors (Lipinski definition) is 1. The Hall–Kier alpha value is -2.25. The smallest absolute Gasteiger partial charge is 0.358 e. The predicted molar refractivity (Wildman–Crippen MR) is 113 cm³/mol. The van der Waals surface area contributed by atoms with E-state index in [2.05, 4.69) is 16.1 Å². The summed E-state index contributed by atoms with van der Waals surface area (Å²) in [5.41, 5.74) is -0.336. The van der Waals surface area contributed by atoms with Gasteiger partial charge in [-0.3, -0.25) is 4.99 Å². The highest BCUT2D eigenvalue weighted by Gasteiger charge is 2.23. The first-order valence-corrected chi connectivity index (χ1v) is 10.6. The second-order valence-corrected chi connectivity index (χ2v) is 9.28. The van der Waals surface area contributed by atoms with Crippen molar-refractivity contribution >= 4 is 35.7 Å². The molecule has 0 fully saturated rings. The second-order valence-electron chi connectivity index (χ2n) is 7.13. The van der Waals surface area contributed by atoms with Gasteiger partial charge in [0.2, 0.25) is 0 Å². The molecule has 1 aromatic carbocycles. The van der Waals surface area contributed by atoms with Crippen molar-refractivity contribution in [3.8, 4) is 5.75 Å². The van der Waals surface area contributed by atoms with Gasteiger partial charge in [-0.1, -0.05) is 29.6 Å². The molecule has 0 saturated heterocycles. The lowest BCUT2D eigenvalue weighted by atomic mass is 10.2. The highest BCUT2D eigenvalue weighted by molar-refractivity contribution is 8.03. The van der Waals surface area contributed by atoms with Crippen LogP contribution in [0.2, 0.25) is 0 Å². The Morgan fingerprint density at radius 1 is 1.07 bits per heavy atom. The first-order chi connectivity index (χ1) is 13.3. The minimum absolute atomic E-state index is 0.197. The van der Waals surface area contributed by atoms with Crippen LogP contribution >= 0.6 is 23.5 Å². The first kappa shape index (κ1) is 20.5. The molecular weight excluding hydrogens is 392 g/mol. The Labute approximate surface area is 173 Å². The number of carbonyl (C=O) groups is 1. The Kier molecular flexibility index (Phi) is 6.46. The molecule has 0 aliphatic carbocycles. The molecule has 1 N–H and O–H groups in total. The minimum Gasteiger partial charge on any atom is -0.508 e. The van der Waals surface area contributed by atoms with E-state index in [-0.39, 0.29) is 11.4 Å². The fourth-order valence-corrected chi connectivity index (χ4v) is 4.05. The molecule has 2 aromatic rings. The maximum absolute atomic E-state index is 12.8. The molecule has 3 rings (SSSR count). The summed E-state index contributed by atoms with van der Waals surface area (Å²) in [6, 6.07) is 10.6. The number of carbonyl (C=O) groups excluding carboxylic acids is 1. The van der Waals surface area contributed by atoms with Crippen LogP contribution in [0.4, 0.5) is 0 Å². The molecule has 0 saturated carbocycles. The van der Waals surface area contributed by atoms with Gasteiger partial charge in [0.15, 0.2) is 5.69 Å². The Morgan fingerprint density at radius 3 is 2.46 bits per heavy atom. The van der Waals surface area contributed by atoms with Crippen molar-refractivity contribution in [2.45, 2.75) is 54.0 Å². The van der Waals surface area contributed by atoms with Gasteiger partial charge in [0.05, 0.1) is 5.03 Å². The number of benzene rings is 1. The summed E-state index contributed by atoms with van der Waals surface area (Å²) in [6.07, 6.45) is 5.87. The van der Waals surface area contributed by atoms with Gasteiger partial charge < -0.3 is 9.84 Å². The number of aromatic hydroxyl groups is 1. The summed E-state index contributed by atoms with van der Waals surface area (Å²) in [7, 11) is 0. The molecular formula is C21H22N2O3S2. The number of phenolic OH excluding ortho intramolecular Hbond substituents is 1. The van der Waals surface area contributed by atoms with Gasteiger partial charge in [0, 0.05) is 16.0 Å². The number of allylic oxidation sites excluding steroid dienone is 1. The molecule has 0 spiro atoms. The number of hydrogen-bond acceptors (Lipinski definition) is 7. The van der Waals surface area contributed by atoms with Gasteiger partial charge >= 0.3 is 5.97 Å². The number of thioether (sulfide) groups is 1. The number of phenols is 1. The first-order valence-electron chi connectivity index (χ1n) is 8.92. The third kappa shape index (κ3) is 5.87. The fourth-order valence-electron chi connectivity index (χ4n) is 2.35. The largest absolute Gasteiger partial charge is 0.508 e. The van der Waals surface area contributed by atoms with Crippen molar-refractivity contribution < 1.29 is 14.6 Å². The maximum atomic E-state index is 12.8. The highest BCUT2D eigenvalue weighted by Crippen LogP contribution is 2.35. The van der Waals surface area contributed by atoms with Crippen LogP contribution in [0.5, 0.6) is 5.75 Å². The van der Waals surface area contributed by atoms with Crippen LogP contribution in [0, 0.1) is 0 Å². The highest BCUT2D eigenvalue weighted by atomic mass is 32.2. The number of esters is 1. The summed E-state index contributed by atoms with van der Waals surface area (Å²) in [6.45, 7) is 5.49. The summed E-state index contributed by atoms with van der Waals surface area (Å²) in [5.74, 6) is -0.264. The van der Waals surface area contributed by atoms with Crippen molar-refractivity contribution in [2.75, 3.05) is 0 Å². The Bertz CT molecular complexity index is 916. The van der Waals surface area contributed by atoms with Crippen LogP contribution in [-0.2, 0) is 4.74 Å². The zero-order chi connectivity index (χ0) is 20.1. The zero-order valence-electron chi connectivity index (χ0n) is 16.0. The third-order valence-electron chi connectivity index (χ3n) is 3.53. The quantitative estimate of drug-likeness (QED) is 0.634. The van der Waals surface area contributed by atoms with Crippen LogP contribution in [0.15, 0.2) is 67.3 Å². The topological polar surface area (TPSA) is 71.8 Å². The maximum Gasteiger partial charge on any atom is 0.358 e. The Balaban J connectivity index is 1.90. The van der Waals surface area contributed by atoms with Gasteiger partial charge in [0.25, 0.3) is 0 Å². The lowest BCUT2D eigenvalue weighted by molar-refractivity contribution is 0.00576. The normalized spacial score (nSPS) is 13.9. The number of aromatic nitrogens is 1. The monoisotopic (exact) mass is 414 g/mol. The molecule has 0 unspecified atom stereocenters. The lowest BCUT2D eigenvalue weighted by Gasteiger charge is -2.20. The SMILES string of the molecule is CC(C)(C)OC(=O)c1nc(SC2=CCCC=N2)ccc1Sc1ccc(O)cc1. The van der Waals surface area contributed by atoms with E-state index >= 15 is 0 Å². The standard InChI is InChI=1S/C21H22N2O3S2/c1-21(2,3)26-20(25)19-16(27-15-9-7-14(24)8-10-15)11-12-18(23-19)28-17-6-4-5-13-22-17/h6-13,24H,4-5H2,1-3H3. The van der Waals surface area contributed by atoms with E-state index < -0.39 is 11.6 Å². The van der Waals surface area contributed by atoms with Crippen LogP contribution in [0.1, 0.15) is 44.1 Å². The number of ether oxygens (including phenoxy) is 1. The molecule has 0 radical (unpaired) electrons. The van der Waals surface area contributed by atoms with Crippen LogP contribution in [0.25, 0.3) is 0 Å². The number of nitrogens with zero attached hydrogens (tertiary/aromatic N) is 2. The second kappa shape index (κ2) is 8.84. The Morgan fingerprint density at radius 2 is 1.82 bits per heavy atom. The molecule has 0 bridgehead atoms. The van der Waals surface area contributed by atoms with E-state index in [1.807, 2.05) is 39.1 Å². The van der Waals surface area contributed by atoms with Gasteiger partial charge in [0.1, 0.15) is 16.4 Å². The van der Waals surface area contributed by atoms with Crippen LogP contribution in [-0.4, -0.2) is 27.9 Å². The van der Waals surface area contributed by atoms with E-state index in [4.69, 9.17) is 4.74 Å². The molecule has 0 amide bonds. The van der Waals surface area contributed by atoms with Gasteiger partial charge in [-0.05, 0) is 70.0 Å². The predicted octanol–water partition coefficient (Wildman–Crippen LogP) is 5.69. The molecule has 1 aliphatic heterocycles. The van der Waals surface area contributed by atoms with Crippen molar-refractivity contribution in [3.63, 3.8) is 0 Å². The molecule has 146 valence electrons. The van der Waals surface area contributed by atoms with Crippen LogP contribution in [0.3, 0.4) is 0 Å². The van der Waals surface area contributed by atoms with E-state index in [0.717, 1.165) is 22.8 Å². The molecule has 0 atom stereocenters. The van der Waals surface area contributed by atoms with E-state index in [9.17, 15) is 9.90 Å². The van der Waals surface area contributed by atoms with Crippen molar-refractivity contribution in [2.24, 2.45) is 4.99 Å². The molecule has 2 heterocycles. The van der Waals surface area contributed by atoms with Crippen molar-refractivity contribution in [3.05, 3.63) is 53.2 Å². The molecule has 5 nitrogen and oxygen atoms in total. The zero-order valence-corrected chi connectivity index (χ0v) is 17.6. The summed E-state index contributed by atoms with van der Waals surface area (Å²) in [4.78, 5) is 23.3.